The molecule has 0 aliphatic carbocycles. The van der Waals surface area contributed by atoms with Gasteiger partial charge >= 0.3 is 0 Å². The van der Waals surface area contributed by atoms with Crippen molar-refractivity contribution in [3.8, 4) is 0 Å². The summed E-state index contributed by atoms with van der Waals surface area (Å²) in [6.45, 7) is 6.98. The van der Waals surface area contributed by atoms with E-state index in [2.05, 4.69) is 47.6 Å². The number of anilines is 1. The van der Waals surface area contributed by atoms with Gasteiger partial charge in [0.15, 0.2) is 11.0 Å². The average molecular weight is 440 g/mol. The highest BCUT2D eigenvalue weighted by atomic mass is 32.2. The SMILES string of the molecule is Cc1ccc(NCc2nnc(SCC(=O)N3CCCCC3)n2Cc2ccco2)c(C)c1. The van der Waals surface area contributed by atoms with Crippen LogP contribution >= 0.6 is 11.8 Å². The molecule has 4 rings (SSSR count). The van der Waals surface area contributed by atoms with Crippen LogP contribution in [0.25, 0.3) is 0 Å². The van der Waals surface area contributed by atoms with Gasteiger partial charge < -0.3 is 14.6 Å². The number of aryl methyl sites for hydroxylation is 2. The van der Waals surface area contributed by atoms with Crippen molar-refractivity contribution in [3.63, 3.8) is 0 Å². The lowest BCUT2D eigenvalue weighted by Crippen LogP contribution is -2.36. The normalized spacial score (nSPS) is 14.1. The van der Waals surface area contributed by atoms with E-state index in [9.17, 15) is 4.79 Å². The Kier molecular flexibility index (Phi) is 6.96. The van der Waals surface area contributed by atoms with Crippen LogP contribution in [-0.2, 0) is 17.9 Å². The number of carbonyl (C=O) groups is 1. The molecule has 8 heteroatoms. The summed E-state index contributed by atoms with van der Waals surface area (Å²) in [5.41, 5.74) is 3.51. The molecule has 7 nitrogen and oxygen atoms in total. The van der Waals surface area contributed by atoms with Crippen molar-refractivity contribution in [1.82, 2.24) is 19.7 Å². The van der Waals surface area contributed by atoms with E-state index in [1.54, 1.807) is 6.26 Å². The first-order chi connectivity index (χ1) is 15.1. The summed E-state index contributed by atoms with van der Waals surface area (Å²) in [7, 11) is 0. The fourth-order valence-corrected chi connectivity index (χ4v) is 4.68. The number of furan rings is 1. The highest BCUT2D eigenvalue weighted by Crippen LogP contribution is 2.22. The molecule has 0 bridgehead atoms. The second-order valence-electron chi connectivity index (χ2n) is 7.97. The number of amides is 1. The van der Waals surface area contributed by atoms with Gasteiger partial charge in [0.25, 0.3) is 0 Å². The van der Waals surface area contributed by atoms with E-state index < -0.39 is 0 Å². The maximum Gasteiger partial charge on any atom is 0.233 e. The van der Waals surface area contributed by atoms with E-state index in [0.29, 0.717) is 18.8 Å². The number of thioether (sulfide) groups is 1. The molecule has 1 aliphatic rings. The zero-order valence-corrected chi connectivity index (χ0v) is 19.0. The summed E-state index contributed by atoms with van der Waals surface area (Å²) in [5.74, 6) is 2.19. The number of nitrogens with one attached hydrogen (secondary N) is 1. The van der Waals surface area contributed by atoms with Crippen LogP contribution in [-0.4, -0.2) is 44.4 Å². The van der Waals surface area contributed by atoms with E-state index >= 15 is 0 Å². The molecule has 0 unspecified atom stereocenters. The van der Waals surface area contributed by atoms with Crippen molar-refractivity contribution >= 4 is 23.4 Å². The Morgan fingerprint density at radius 2 is 2.00 bits per heavy atom. The quantitative estimate of drug-likeness (QED) is 0.529. The molecule has 1 fully saturated rings. The van der Waals surface area contributed by atoms with Gasteiger partial charge in [-0.25, -0.2) is 0 Å². The first kappa shape index (κ1) is 21.5. The largest absolute Gasteiger partial charge is 0.467 e. The topological polar surface area (TPSA) is 76.2 Å². The first-order valence-electron chi connectivity index (χ1n) is 10.8. The van der Waals surface area contributed by atoms with Crippen molar-refractivity contribution < 1.29 is 9.21 Å². The van der Waals surface area contributed by atoms with Crippen LogP contribution in [0.3, 0.4) is 0 Å². The van der Waals surface area contributed by atoms with Gasteiger partial charge in [-0.1, -0.05) is 29.5 Å². The summed E-state index contributed by atoms with van der Waals surface area (Å²) in [6.07, 6.45) is 5.07. The van der Waals surface area contributed by atoms with Crippen LogP contribution in [0.4, 0.5) is 5.69 Å². The van der Waals surface area contributed by atoms with Crippen molar-refractivity contribution in [3.05, 3.63) is 59.3 Å². The molecule has 1 aliphatic heterocycles. The van der Waals surface area contributed by atoms with E-state index in [0.717, 1.165) is 48.4 Å². The first-order valence-corrected chi connectivity index (χ1v) is 11.7. The minimum absolute atomic E-state index is 0.173. The molecular weight excluding hydrogens is 410 g/mol. The standard InChI is InChI=1S/C23H29N5O2S/c1-17-8-9-20(18(2)13-17)24-14-21-25-26-23(28(21)15-19-7-6-12-30-19)31-16-22(29)27-10-4-3-5-11-27/h6-9,12-13,24H,3-5,10-11,14-16H2,1-2H3. The lowest BCUT2D eigenvalue weighted by Gasteiger charge is -2.26. The molecule has 0 spiro atoms. The molecule has 3 heterocycles. The fraction of sp³-hybridized carbons (Fsp3) is 0.435. The summed E-state index contributed by atoms with van der Waals surface area (Å²) >= 11 is 1.45. The van der Waals surface area contributed by atoms with E-state index in [1.165, 1.54) is 29.3 Å². The van der Waals surface area contributed by atoms with Gasteiger partial charge in [-0.3, -0.25) is 9.36 Å². The maximum absolute atomic E-state index is 12.6. The molecule has 31 heavy (non-hydrogen) atoms. The predicted octanol–water partition coefficient (Wildman–Crippen LogP) is 4.25. The molecule has 0 saturated carbocycles. The molecule has 164 valence electrons. The lowest BCUT2D eigenvalue weighted by atomic mass is 10.1. The Balaban J connectivity index is 1.47. The number of hydrogen-bond donors (Lipinski definition) is 1. The summed E-state index contributed by atoms with van der Waals surface area (Å²) in [6, 6.07) is 10.2. The zero-order valence-electron chi connectivity index (χ0n) is 18.1. The molecule has 1 saturated heterocycles. The second kappa shape index (κ2) is 10.0. The van der Waals surface area contributed by atoms with Crippen molar-refractivity contribution in [2.24, 2.45) is 0 Å². The van der Waals surface area contributed by atoms with Crippen molar-refractivity contribution in [2.45, 2.75) is 51.4 Å². The fourth-order valence-electron chi connectivity index (χ4n) is 3.82. The molecule has 0 atom stereocenters. The Morgan fingerprint density at radius 3 is 2.74 bits per heavy atom. The molecular formula is C23H29N5O2S. The van der Waals surface area contributed by atoms with Crippen LogP contribution in [0.5, 0.6) is 0 Å². The number of nitrogens with zero attached hydrogens (tertiary/aromatic N) is 4. The highest BCUT2D eigenvalue weighted by Gasteiger charge is 2.20. The van der Waals surface area contributed by atoms with Crippen LogP contribution in [0.1, 0.15) is 42.0 Å². The third kappa shape index (κ3) is 5.50. The lowest BCUT2D eigenvalue weighted by molar-refractivity contribution is -0.129. The number of hydrogen-bond acceptors (Lipinski definition) is 6. The highest BCUT2D eigenvalue weighted by molar-refractivity contribution is 7.99. The number of likely N-dealkylation sites (tertiary alicyclic amines) is 1. The second-order valence-corrected chi connectivity index (χ2v) is 8.91. The Labute approximate surface area is 187 Å². The Hall–Kier alpha value is -2.74. The number of rotatable bonds is 8. The summed E-state index contributed by atoms with van der Waals surface area (Å²) < 4.78 is 7.58. The third-order valence-corrected chi connectivity index (χ3v) is 6.49. The predicted molar refractivity (Wildman–Crippen MR) is 122 cm³/mol. The molecule has 1 amide bonds. The monoisotopic (exact) mass is 439 g/mol. The zero-order chi connectivity index (χ0) is 21.6. The van der Waals surface area contributed by atoms with Gasteiger partial charge in [0.1, 0.15) is 5.76 Å². The van der Waals surface area contributed by atoms with Crippen molar-refractivity contribution in [2.75, 3.05) is 24.2 Å². The van der Waals surface area contributed by atoms with Crippen LogP contribution in [0.2, 0.25) is 0 Å². The van der Waals surface area contributed by atoms with Gasteiger partial charge in [-0.2, -0.15) is 0 Å². The van der Waals surface area contributed by atoms with Crippen LogP contribution in [0.15, 0.2) is 46.2 Å². The molecule has 1 N–H and O–H groups in total. The van der Waals surface area contributed by atoms with E-state index in [1.807, 2.05) is 21.6 Å². The summed E-state index contributed by atoms with van der Waals surface area (Å²) in [5, 5.41) is 13.0. The number of benzene rings is 1. The van der Waals surface area contributed by atoms with E-state index in [-0.39, 0.29) is 5.91 Å². The molecule has 2 aromatic heterocycles. The molecule has 0 radical (unpaired) electrons. The van der Waals surface area contributed by atoms with Gasteiger partial charge in [-0.05, 0) is 56.9 Å². The molecule has 1 aromatic carbocycles. The number of piperidine rings is 1. The van der Waals surface area contributed by atoms with Crippen LogP contribution < -0.4 is 5.32 Å². The Morgan fingerprint density at radius 1 is 1.16 bits per heavy atom. The van der Waals surface area contributed by atoms with Gasteiger partial charge in [0.2, 0.25) is 5.91 Å². The minimum Gasteiger partial charge on any atom is -0.467 e. The third-order valence-electron chi connectivity index (χ3n) is 5.54. The summed E-state index contributed by atoms with van der Waals surface area (Å²) in [4.78, 5) is 14.6. The van der Waals surface area contributed by atoms with Gasteiger partial charge in [-0.15, -0.1) is 10.2 Å². The average Bonchev–Trinajstić information content (AvgIpc) is 3.43. The molecule has 3 aromatic rings. The Bertz CT molecular complexity index is 1010. The minimum atomic E-state index is 0.173. The number of aromatic nitrogens is 3. The van der Waals surface area contributed by atoms with Crippen molar-refractivity contribution in [1.29, 1.82) is 0 Å². The van der Waals surface area contributed by atoms with Gasteiger partial charge in [0.05, 0.1) is 25.1 Å². The maximum atomic E-state index is 12.6. The smallest absolute Gasteiger partial charge is 0.233 e. The van der Waals surface area contributed by atoms with Gasteiger partial charge in [0, 0.05) is 18.8 Å². The van der Waals surface area contributed by atoms with E-state index in [4.69, 9.17) is 4.42 Å². The number of carbonyl (C=O) groups excluding carboxylic acids is 1. The van der Waals surface area contributed by atoms with Crippen LogP contribution in [0, 0.1) is 13.8 Å².